The average molecular weight is 205 g/mol. The number of nitrogens with zero attached hydrogens (tertiary/aromatic N) is 2. The Bertz CT molecular complexity index is 324. The number of likely N-dealkylation sites (tertiary alicyclic amines) is 1. The maximum absolute atomic E-state index is 4.37. The first-order valence-corrected chi connectivity index (χ1v) is 5.66. The highest BCUT2D eigenvalue weighted by atomic mass is 15.1. The van der Waals surface area contributed by atoms with Crippen LogP contribution in [0.2, 0.25) is 0 Å². The highest BCUT2D eigenvalue weighted by Crippen LogP contribution is 2.32. The van der Waals surface area contributed by atoms with Crippen LogP contribution in [-0.2, 0) is 0 Å². The normalized spacial score (nSPS) is 22.7. The van der Waals surface area contributed by atoms with Gasteiger partial charge >= 0.3 is 0 Å². The van der Waals surface area contributed by atoms with Crippen LogP contribution >= 0.6 is 0 Å². The molecule has 0 saturated carbocycles. The monoisotopic (exact) mass is 205 g/mol. The maximum Gasteiger partial charge on any atom is 0.130 e. The minimum Gasteiger partial charge on any atom is -0.373 e. The zero-order valence-corrected chi connectivity index (χ0v) is 9.53. The molecule has 1 unspecified atom stereocenters. The summed E-state index contributed by atoms with van der Waals surface area (Å²) in [5.74, 6) is 1.02. The molecule has 1 aliphatic heterocycles. The highest BCUT2D eigenvalue weighted by Gasteiger charge is 2.22. The van der Waals surface area contributed by atoms with Crippen LogP contribution < -0.4 is 5.32 Å². The third-order valence-electron chi connectivity index (χ3n) is 3.21. The van der Waals surface area contributed by atoms with Gasteiger partial charge in [0.05, 0.1) is 0 Å². The van der Waals surface area contributed by atoms with Crippen LogP contribution in [0.5, 0.6) is 0 Å². The summed E-state index contributed by atoms with van der Waals surface area (Å²) in [5.41, 5.74) is 1.34. The zero-order valence-electron chi connectivity index (χ0n) is 9.53. The fourth-order valence-corrected chi connectivity index (χ4v) is 2.36. The lowest BCUT2D eigenvalue weighted by molar-refractivity contribution is 0.187. The Kier molecular flexibility index (Phi) is 3.21. The fraction of sp³-hybridized carbons (Fsp3) is 0.583. The molecule has 2 heterocycles. The van der Waals surface area contributed by atoms with Crippen molar-refractivity contribution in [2.45, 2.75) is 25.3 Å². The lowest BCUT2D eigenvalue weighted by Crippen LogP contribution is -2.30. The SMILES string of the molecule is CNc1ncccc1C1CCCCN1C. The number of anilines is 1. The van der Waals surface area contributed by atoms with Gasteiger partial charge in [-0.15, -0.1) is 0 Å². The summed E-state index contributed by atoms with van der Waals surface area (Å²) in [6.45, 7) is 1.20. The molecule has 0 spiro atoms. The molecule has 1 N–H and O–H groups in total. The molecule has 0 radical (unpaired) electrons. The quantitative estimate of drug-likeness (QED) is 0.803. The van der Waals surface area contributed by atoms with Gasteiger partial charge in [0, 0.05) is 24.8 Å². The summed E-state index contributed by atoms with van der Waals surface area (Å²) in [5, 5.41) is 3.18. The van der Waals surface area contributed by atoms with Crippen molar-refractivity contribution in [3.63, 3.8) is 0 Å². The van der Waals surface area contributed by atoms with Crippen molar-refractivity contribution in [1.82, 2.24) is 9.88 Å². The molecular weight excluding hydrogens is 186 g/mol. The van der Waals surface area contributed by atoms with E-state index in [-0.39, 0.29) is 0 Å². The van der Waals surface area contributed by atoms with Crippen molar-refractivity contribution >= 4 is 5.82 Å². The van der Waals surface area contributed by atoms with E-state index in [2.05, 4.69) is 28.3 Å². The lowest BCUT2D eigenvalue weighted by Gasteiger charge is -2.33. The molecule has 3 heteroatoms. The van der Waals surface area contributed by atoms with Gasteiger partial charge in [0.15, 0.2) is 0 Å². The lowest BCUT2D eigenvalue weighted by atomic mass is 9.96. The molecule has 3 nitrogen and oxygen atoms in total. The van der Waals surface area contributed by atoms with Gasteiger partial charge in [-0.05, 0) is 32.5 Å². The second-order valence-electron chi connectivity index (χ2n) is 4.18. The number of pyridine rings is 1. The van der Waals surface area contributed by atoms with Gasteiger partial charge in [0.2, 0.25) is 0 Å². The number of hydrogen-bond donors (Lipinski definition) is 1. The van der Waals surface area contributed by atoms with Gasteiger partial charge in [-0.1, -0.05) is 12.5 Å². The number of piperidine rings is 1. The second-order valence-corrected chi connectivity index (χ2v) is 4.18. The largest absolute Gasteiger partial charge is 0.373 e. The van der Waals surface area contributed by atoms with Crippen LogP contribution in [0.15, 0.2) is 18.3 Å². The smallest absolute Gasteiger partial charge is 0.130 e. The number of rotatable bonds is 2. The molecule has 0 aliphatic carbocycles. The van der Waals surface area contributed by atoms with Gasteiger partial charge in [-0.2, -0.15) is 0 Å². The molecule has 1 fully saturated rings. The summed E-state index contributed by atoms with van der Waals surface area (Å²) in [7, 11) is 4.14. The second kappa shape index (κ2) is 4.62. The van der Waals surface area contributed by atoms with Gasteiger partial charge in [0.1, 0.15) is 5.82 Å². The first-order chi connectivity index (χ1) is 7.33. The van der Waals surface area contributed by atoms with Crippen molar-refractivity contribution in [2.24, 2.45) is 0 Å². The van der Waals surface area contributed by atoms with Crippen LogP contribution in [0, 0.1) is 0 Å². The third kappa shape index (κ3) is 2.12. The zero-order chi connectivity index (χ0) is 10.7. The molecule has 1 aromatic rings. The van der Waals surface area contributed by atoms with E-state index in [9.17, 15) is 0 Å². The predicted octanol–water partition coefficient (Wildman–Crippen LogP) is 2.28. The van der Waals surface area contributed by atoms with Crippen LogP contribution in [0.3, 0.4) is 0 Å². The average Bonchev–Trinajstić information content (AvgIpc) is 2.30. The van der Waals surface area contributed by atoms with Crippen LogP contribution in [-0.4, -0.2) is 30.5 Å². The topological polar surface area (TPSA) is 28.2 Å². The Morgan fingerprint density at radius 1 is 1.47 bits per heavy atom. The third-order valence-corrected chi connectivity index (χ3v) is 3.21. The van der Waals surface area contributed by atoms with Crippen molar-refractivity contribution in [3.8, 4) is 0 Å². The molecule has 0 aromatic carbocycles. The molecule has 15 heavy (non-hydrogen) atoms. The number of aromatic nitrogens is 1. The molecule has 2 rings (SSSR count). The van der Waals surface area contributed by atoms with Crippen molar-refractivity contribution in [3.05, 3.63) is 23.9 Å². The minimum absolute atomic E-state index is 0.537. The molecule has 0 bridgehead atoms. The molecule has 1 atom stereocenters. The number of hydrogen-bond acceptors (Lipinski definition) is 3. The van der Waals surface area contributed by atoms with Crippen molar-refractivity contribution in [2.75, 3.05) is 26.0 Å². The van der Waals surface area contributed by atoms with Gasteiger partial charge in [0.25, 0.3) is 0 Å². The molecular formula is C12H19N3. The van der Waals surface area contributed by atoms with E-state index in [4.69, 9.17) is 0 Å². The van der Waals surface area contributed by atoms with Gasteiger partial charge < -0.3 is 5.32 Å². The van der Waals surface area contributed by atoms with Crippen LogP contribution in [0.4, 0.5) is 5.82 Å². The first-order valence-electron chi connectivity index (χ1n) is 5.66. The molecule has 0 amide bonds. The predicted molar refractivity (Wildman–Crippen MR) is 63.0 cm³/mol. The van der Waals surface area contributed by atoms with E-state index in [0.717, 1.165) is 5.82 Å². The first kappa shape index (κ1) is 10.4. The van der Waals surface area contributed by atoms with E-state index >= 15 is 0 Å². The Balaban J connectivity index is 2.26. The Morgan fingerprint density at radius 3 is 3.07 bits per heavy atom. The minimum atomic E-state index is 0.537. The van der Waals surface area contributed by atoms with Crippen LogP contribution in [0.25, 0.3) is 0 Å². The summed E-state index contributed by atoms with van der Waals surface area (Å²) in [6.07, 6.45) is 5.74. The molecule has 82 valence electrons. The Labute approximate surface area is 91.5 Å². The molecule has 1 aromatic heterocycles. The summed E-state index contributed by atoms with van der Waals surface area (Å²) in [4.78, 5) is 6.80. The van der Waals surface area contributed by atoms with Gasteiger partial charge in [-0.3, -0.25) is 4.90 Å². The van der Waals surface area contributed by atoms with E-state index in [1.54, 1.807) is 0 Å². The van der Waals surface area contributed by atoms with Crippen molar-refractivity contribution < 1.29 is 0 Å². The Hall–Kier alpha value is -1.09. The van der Waals surface area contributed by atoms with E-state index < -0.39 is 0 Å². The number of nitrogens with one attached hydrogen (secondary N) is 1. The van der Waals surface area contributed by atoms with Crippen LogP contribution in [0.1, 0.15) is 30.9 Å². The Morgan fingerprint density at radius 2 is 2.33 bits per heavy atom. The fourth-order valence-electron chi connectivity index (χ4n) is 2.36. The molecule has 1 aliphatic rings. The summed E-state index contributed by atoms with van der Waals surface area (Å²) in [6, 6.07) is 4.75. The summed E-state index contributed by atoms with van der Waals surface area (Å²) < 4.78 is 0. The highest BCUT2D eigenvalue weighted by molar-refractivity contribution is 5.45. The van der Waals surface area contributed by atoms with E-state index in [0.29, 0.717) is 6.04 Å². The van der Waals surface area contributed by atoms with E-state index in [1.807, 2.05) is 19.3 Å². The standard InChI is InChI=1S/C12H19N3/c1-13-12-10(6-5-8-14-12)11-7-3-4-9-15(11)2/h5-6,8,11H,3-4,7,9H2,1-2H3,(H,13,14). The summed E-state index contributed by atoms with van der Waals surface area (Å²) >= 11 is 0. The van der Waals surface area contributed by atoms with Gasteiger partial charge in [-0.25, -0.2) is 4.98 Å². The maximum atomic E-state index is 4.37. The van der Waals surface area contributed by atoms with Crippen molar-refractivity contribution in [1.29, 1.82) is 0 Å². The molecule has 1 saturated heterocycles. The van der Waals surface area contributed by atoms with E-state index in [1.165, 1.54) is 31.4 Å².